The molecule has 124 valence electrons. The number of carbonyl (C=O) groups is 1. The van der Waals surface area contributed by atoms with Crippen LogP contribution in [0.2, 0.25) is 0 Å². The van der Waals surface area contributed by atoms with Crippen molar-refractivity contribution in [3.05, 3.63) is 44.6 Å². The van der Waals surface area contributed by atoms with E-state index in [1.807, 2.05) is 25.1 Å². The normalized spacial score (nSPS) is 19.7. The lowest BCUT2D eigenvalue weighted by molar-refractivity contribution is -0.129. The third-order valence-corrected chi connectivity index (χ3v) is 5.87. The summed E-state index contributed by atoms with van der Waals surface area (Å²) >= 11 is 3.22. The quantitative estimate of drug-likeness (QED) is 0.622. The molecule has 0 spiro atoms. The van der Waals surface area contributed by atoms with Gasteiger partial charge in [0.1, 0.15) is 0 Å². The van der Waals surface area contributed by atoms with Gasteiger partial charge in [-0.1, -0.05) is 0 Å². The Morgan fingerprint density at radius 2 is 2.00 bits per heavy atom. The number of cyclic esters (lactones) is 1. The van der Waals surface area contributed by atoms with Gasteiger partial charge >= 0.3 is 5.97 Å². The van der Waals surface area contributed by atoms with Crippen molar-refractivity contribution in [3.63, 3.8) is 0 Å². The molecule has 24 heavy (non-hydrogen) atoms. The van der Waals surface area contributed by atoms with E-state index in [4.69, 9.17) is 9.47 Å². The molecule has 0 radical (unpaired) electrons. The van der Waals surface area contributed by atoms with E-state index < -0.39 is 5.97 Å². The molecular formula is C17H16N2O3S2. The van der Waals surface area contributed by atoms with Crippen LogP contribution in [0.1, 0.15) is 14.6 Å². The van der Waals surface area contributed by atoms with Crippen LogP contribution in [0.25, 0.3) is 6.08 Å². The van der Waals surface area contributed by atoms with Crippen molar-refractivity contribution in [1.29, 1.82) is 0 Å². The van der Waals surface area contributed by atoms with Crippen molar-refractivity contribution in [2.45, 2.75) is 6.92 Å². The average Bonchev–Trinajstić information content (AvgIpc) is 3.30. The molecule has 0 unspecified atom stereocenters. The Balaban J connectivity index is 1.55. The standard InChI is InChI=1S/C17H16N2O3S2/c1-11-2-4-14(23-11)16-18-13(17(20)22-16)10-12-3-5-15(24-12)19-6-8-21-9-7-19/h2-5,10H,6-9H2,1H3/b13-10+. The zero-order chi connectivity index (χ0) is 16.5. The maximum Gasteiger partial charge on any atom is 0.363 e. The third kappa shape index (κ3) is 3.15. The number of nitrogens with zero attached hydrogens (tertiary/aromatic N) is 2. The first-order valence-corrected chi connectivity index (χ1v) is 9.34. The summed E-state index contributed by atoms with van der Waals surface area (Å²) in [4.78, 5) is 21.7. The molecule has 2 aliphatic heterocycles. The van der Waals surface area contributed by atoms with E-state index in [0.717, 1.165) is 40.9 Å². The van der Waals surface area contributed by atoms with Gasteiger partial charge in [-0.25, -0.2) is 9.79 Å². The van der Waals surface area contributed by atoms with E-state index in [2.05, 4.69) is 16.0 Å². The number of hydrogen-bond acceptors (Lipinski definition) is 7. The molecule has 0 amide bonds. The zero-order valence-electron chi connectivity index (χ0n) is 13.2. The summed E-state index contributed by atoms with van der Waals surface area (Å²) in [5.74, 6) is 0.00619. The Morgan fingerprint density at radius 1 is 1.17 bits per heavy atom. The van der Waals surface area contributed by atoms with Crippen molar-refractivity contribution < 1.29 is 14.3 Å². The summed E-state index contributed by atoms with van der Waals surface area (Å²) in [5, 5.41) is 1.19. The van der Waals surface area contributed by atoms with Crippen LogP contribution in [-0.2, 0) is 14.3 Å². The molecule has 0 aliphatic carbocycles. The maximum atomic E-state index is 12.1. The lowest BCUT2D eigenvalue weighted by Crippen LogP contribution is -2.35. The van der Waals surface area contributed by atoms with Crippen LogP contribution >= 0.6 is 22.7 Å². The van der Waals surface area contributed by atoms with Gasteiger partial charge in [-0.15, -0.1) is 22.7 Å². The van der Waals surface area contributed by atoms with Crippen LogP contribution < -0.4 is 4.90 Å². The molecule has 4 rings (SSSR count). The smallest absolute Gasteiger partial charge is 0.363 e. The first kappa shape index (κ1) is 15.6. The van der Waals surface area contributed by atoms with Gasteiger partial charge in [-0.2, -0.15) is 0 Å². The monoisotopic (exact) mass is 360 g/mol. The second-order valence-electron chi connectivity index (χ2n) is 5.52. The van der Waals surface area contributed by atoms with E-state index >= 15 is 0 Å². The second-order valence-corrected chi connectivity index (χ2v) is 7.90. The first-order chi connectivity index (χ1) is 11.7. The number of hydrogen-bond donors (Lipinski definition) is 0. The van der Waals surface area contributed by atoms with Gasteiger partial charge in [0, 0.05) is 22.8 Å². The Morgan fingerprint density at radius 3 is 2.75 bits per heavy atom. The number of esters is 1. The van der Waals surface area contributed by atoms with Crippen LogP contribution in [-0.4, -0.2) is 38.2 Å². The van der Waals surface area contributed by atoms with Crippen LogP contribution in [0.4, 0.5) is 5.00 Å². The van der Waals surface area contributed by atoms with E-state index in [9.17, 15) is 4.79 Å². The van der Waals surface area contributed by atoms with Crippen molar-refractivity contribution in [1.82, 2.24) is 0 Å². The molecule has 1 saturated heterocycles. The number of thiophene rings is 2. The van der Waals surface area contributed by atoms with Gasteiger partial charge in [0.15, 0.2) is 5.70 Å². The summed E-state index contributed by atoms with van der Waals surface area (Å²) in [6, 6.07) is 8.01. The Kier molecular flexibility index (Phi) is 4.22. The molecule has 0 bridgehead atoms. The van der Waals surface area contributed by atoms with E-state index in [1.165, 1.54) is 5.00 Å². The number of morpholine rings is 1. The van der Waals surface area contributed by atoms with E-state index in [-0.39, 0.29) is 0 Å². The van der Waals surface area contributed by atoms with Gasteiger partial charge < -0.3 is 14.4 Å². The Bertz CT molecular complexity index is 829. The lowest BCUT2D eigenvalue weighted by Gasteiger charge is -2.27. The summed E-state index contributed by atoms with van der Waals surface area (Å²) in [6.45, 7) is 5.33. The fraction of sp³-hybridized carbons (Fsp3) is 0.294. The summed E-state index contributed by atoms with van der Waals surface area (Å²) < 4.78 is 10.7. The molecule has 0 aromatic carbocycles. The Labute approximate surface area is 147 Å². The van der Waals surface area contributed by atoms with E-state index in [1.54, 1.807) is 28.7 Å². The van der Waals surface area contributed by atoms with Gasteiger partial charge in [-0.05, 0) is 37.3 Å². The van der Waals surface area contributed by atoms with Gasteiger partial charge in [0.25, 0.3) is 0 Å². The molecule has 2 aromatic rings. The molecule has 0 N–H and O–H groups in total. The van der Waals surface area contributed by atoms with Crippen molar-refractivity contribution in [3.8, 4) is 0 Å². The number of anilines is 1. The van der Waals surface area contributed by atoms with Gasteiger partial charge in [0.05, 0.1) is 23.1 Å². The second kappa shape index (κ2) is 6.51. The van der Waals surface area contributed by atoms with Crippen LogP contribution in [0.5, 0.6) is 0 Å². The van der Waals surface area contributed by atoms with Crippen molar-refractivity contribution >= 4 is 45.6 Å². The van der Waals surface area contributed by atoms with Crippen molar-refractivity contribution in [2.24, 2.45) is 4.99 Å². The summed E-state index contributed by atoms with van der Waals surface area (Å²) in [6.07, 6.45) is 1.80. The molecule has 0 atom stereocenters. The molecule has 7 heteroatoms. The molecule has 0 saturated carbocycles. The van der Waals surface area contributed by atoms with E-state index in [0.29, 0.717) is 11.6 Å². The minimum Gasteiger partial charge on any atom is -0.401 e. The maximum absolute atomic E-state index is 12.1. The molecule has 2 aliphatic rings. The number of ether oxygens (including phenoxy) is 2. The SMILES string of the molecule is Cc1ccc(C2=N/C(=C/c3ccc(N4CCOCC4)s3)C(=O)O2)s1. The van der Waals surface area contributed by atoms with Crippen molar-refractivity contribution in [2.75, 3.05) is 31.2 Å². The summed E-state index contributed by atoms with van der Waals surface area (Å²) in [7, 11) is 0. The van der Waals surface area contributed by atoms with Gasteiger partial charge in [-0.3, -0.25) is 0 Å². The number of rotatable bonds is 3. The fourth-order valence-electron chi connectivity index (χ4n) is 2.57. The van der Waals surface area contributed by atoms with Crippen LogP contribution in [0.3, 0.4) is 0 Å². The molecular weight excluding hydrogens is 344 g/mol. The minimum atomic E-state index is -0.391. The Hall–Kier alpha value is -1.96. The number of aryl methyl sites for hydroxylation is 1. The highest BCUT2D eigenvalue weighted by atomic mass is 32.1. The average molecular weight is 360 g/mol. The van der Waals surface area contributed by atoms with Crippen LogP contribution in [0, 0.1) is 6.92 Å². The molecule has 5 nitrogen and oxygen atoms in total. The minimum absolute atomic E-state index is 0.353. The topological polar surface area (TPSA) is 51.1 Å². The number of carbonyl (C=O) groups excluding carboxylic acids is 1. The number of aliphatic imine (C=N–C) groups is 1. The largest absolute Gasteiger partial charge is 0.401 e. The van der Waals surface area contributed by atoms with Gasteiger partial charge in [0.2, 0.25) is 5.90 Å². The lowest BCUT2D eigenvalue weighted by atomic mass is 10.3. The predicted molar refractivity (Wildman–Crippen MR) is 97.0 cm³/mol. The van der Waals surface area contributed by atoms with Crippen LogP contribution in [0.15, 0.2) is 35.0 Å². The zero-order valence-corrected chi connectivity index (χ0v) is 14.8. The molecule has 1 fully saturated rings. The highest BCUT2D eigenvalue weighted by Crippen LogP contribution is 2.30. The highest BCUT2D eigenvalue weighted by molar-refractivity contribution is 7.17. The predicted octanol–water partition coefficient (Wildman–Crippen LogP) is 3.30. The molecule has 2 aromatic heterocycles. The first-order valence-electron chi connectivity index (χ1n) is 7.71. The third-order valence-electron chi connectivity index (χ3n) is 3.79. The fourth-order valence-corrected chi connectivity index (χ4v) is 4.36. The highest BCUT2D eigenvalue weighted by Gasteiger charge is 2.25. The molecule has 4 heterocycles. The summed E-state index contributed by atoms with van der Waals surface area (Å²) in [5.41, 5.74) is 0.353.